The van der Waals surface area contributed by atoms with E-state index in [0.717, 1.165) is 17.0 Å². The fourth-order valence-corrected chi connectivity index (χ4v) is 3.04. The topological polar surface area (TPSA) is 86.9 Å². The Morgan fingerprint density at radius 3 is 2.60 bits per heavy atom. The summed E-state index contributed by atoms with van der Waals surface area (Å²) in [5, 5.41) is 7.12. The van der Waals surface area contributed by atoms with Crippen molar-refractivity contribution in [1.29, 1.82) is 0 Å². The second-order valence-corrected chi connectivity index (χ2v) is 6.81. The fourth-order valence-electron chi connectivity index (χ4n) is 3.04. The maximum atomic E-state index is 12.6. The maximum Gasteiger partial charge on any atom is 0.251 e. The minimum atomic E-state index is -0.138. The third-order valence-corrected chi connectivity index (χ3v) is 4.76. The molecule has 0 saturated heterocycles. The Balaban J connectivity index is 1.34. The van der Waals surface area contributed by atoms with Crippen LogP contribution in [0.2, 0.25) is 0 Å². The van der Waals surface area contributed by atoms with Crippen molar-refractivity contribution in [2.45, 2.75) is 19.7 Å². The predicted octanol–water partition coefficient (Wildman–Crippen LogP) is 2.57. The van der Waals surface area contributed by atoms with Crippen LogP contribution in [0.4, 0.5) is 0 Å². The first kappa shape index (κ1) is 19.4. The molecule has 2 aromatic heterocycles. The van der Waals surface area contributed by atoms with Crippen molar-refractivity contribution in [3.63, 3.8) is 0 Å². The van der Waals surface area contributed by atoms with Gasteiger partial charge in [-0.1, -0.05) is 24.3 Å². The SMILES string of the molecule is Cn1ccnc1COc1ccc(C(=O)NCc2ccccc2Cn2cncn2)cc1. The van der Waals surface area contributed by atoms with E-state index in [1.807, 2.05) is 42.1 Å². The predicted molar refractivity (Wildman–Crippen MR) is 111 cm³/mol. The summed E-state index contributed by atoms with van der Waals surface area (Å²) < 4.78 is 9.39. The zero-order valence-electron chi connectivity index (χ0n) is 16.6. The molecule has 8 heteroatoms. The van der Waals surface area contributed by atoms with Crippen molar-refractivity contribution < 1.29 is 9.53 Å². The van der Waals surface area contributed by atoms with Gasteiger partial charge >= 0.3 is 0 Å². The first-order valence-corrected chi connectivity index (χ1v) is 9.55. The van der Waals surface area contributed by atoms with E-state index in [0.29, 0.717) is 31.0 Å². The molecule has 0 spiro atoms. The highest BCUT2D eigenvalue weighted by Gasteiger charge is 2.09. The number of carbonyl (C=O) groups is 1. The third-order valence-electron chi connectivity index (χ3n) is 4.76. The van der Waals surface area contributed by atoms with Gasteiger partial charge in [-0.3, -0.25) is 4.79 Å². The zero-order chi connectivity index (χ0) is 20.8. The van der Waals surface area contributed by atoms with Gasteiger partial charge in [-0.25, -0.2) is 14.6 Å². The lowest BCUT2D eigenvalue weighted by Gasteiger charge is -2.11. The van der Waals surface area contributed by atoms with Crippen molar-refractivity contribution in [2.24, 2.45) is 7.05 Å². The molecule has 0 aliphatic carbocycles. The second-order valence-electron chi connectivity index (χ2n) is 6.81. The molecule has 1 N–H and O–H groups in total. The number of aryl methyl sites for hydroxylation is 1. The van der Waals surface area contributed by atoms with E-state index in [9.17, 15) is 4.79 Å². The van der Waals surface area contributed by atoms with E-state index in [-0.39, 0.29) is 5.91 Å². The molecule has 0 fully saturated rings. The summed E-state index contributed by atoms with van der Waals surface area (Å²) in [5.41, 5.74) is 2.70. The van der Waals surface area contributed by atoms with Crippen molar-refractivity contribution >= 4 is 5.91 Å². The van der Waals surface area contributed by atoms with Crippen LogP contribution in [-0.4, -0.2) is 30.2 Å². The van der Waals surface area contributed by atoms with Gasteiger partial charge < -0.3 is 14.6 Å². The number of nitrogens with zero attached hydrogens (tertiary/aromatic N) is 5. The Morgan fingerprint density at radius 2 is 1.90 bits per heavy atom. The summed E-state index contributed by atoms with van der Waals surface area (Å²) in [6.45, 7) is 1.41. The molecule has 0 bridgehead atoms. The number of hydrogen-bond acceptors (Lipinski definition) is 5. The summed E-state index contributed by atoms with van der Waals surface area (Å²) in [7, 11) is 1.92. The van der Waals surface area contributed by atoms with Crippen LogP contribution < -0.4 is 10.1 Å². The molecule has 2 heterocycles. The molecule has 152 valence electrons. The van der Waals surface area contributed by atoms with Crippen LogP contribution in [0.15, 0.2) is 73.6 Å². The summed E-state index contributed by atoms with van der Waals surface area (Å²) >= 11 is 0. The lowest BCUT2D eigenvalue weighted by atomic mass is 10.1. The van der Waals surface area contributed by atoms with Crippen molar-refractivity contribution in [1.82, 2.24) is 29.6 Å². The van der Waals surface area contributed by atoms with Crippen LogP contribution in [0.5, 0.6) is 5.75 Å². The number of ether oxygens (including phenoxy) is 1. The number of nitrogens with one attached hydrogen (secondary N) is 1. The molecule has 0 saturated carbocycles. The first-order chi connectivity index (χ1) is 14.7. The largest absolute Gasteiger partial charge is 0.486 e. The van der Waals surface area contributed by atoms with Gasteiger partial charge in [0.25, 0.3) is 5.91 Å². The minimum absolute atomic E-state index is 0.138. The van der Waals surface area contributed by atoms with Gasteiger partial charge in [-0.15, -0.1) is 0 Å². The van der Waals surface area contributed by atoms with Crippen molar-refractivity contribution in [3.8, 4) is 5.75 Å². The van der Waals surface area contributed by atoms with Crippen molar-refractivity contribution in [3.05, 3.63) is 96.1 Å². The van der Waals surface area contributed by atoms with Gasteiger partial charge in [-0.2, -0.15) is 5.10 Å². The quantitative estimate of drug-likeness (QED) is 0.489. The molecule has 8 nitrogen and oxygen atoms in total. The van der Waals surface area contributed by atoms with Crippen LogP contribution in [0.3, 0.4) is 0 Å². The molecular weight excluding hydrogens is 380 g/mol. The summed E-state index contributed by atoms with van der Waals surface area (Å²) in [6, 6.07) is 15.0. The van der Waals surface area contributed by atoms with E-state index in [2.05, 4.69) is 20.4 Å². The lowest BCUT2D eigenvalue weighted by molar-refractivity contribution is 0.0951. The summed E-state index contributed by atoms with van der Waals surface area (Å²) in [6.07, 6.45) is 6.79. The number of rotatable bonds is 8. The van der Waals surface area contributed by atoms with E-state index in [4.69, 9.17) is 4.74 Å². The minimum Gasteiger partial charge on any atom is -0.486 e. The molecule has 4 aromatic rings. The van der Waals surface area contributed by atoms with E-state index >= 15 is 0 Å². The monoisotopic (exact) mass is 402 g/mol. The normalized spacial score (nSPS) is 10.7. The summed E-state index contributed by atoms with van der Waals surface area (Å²) in [4.78, 5) is 20.7. The number of aromatic nitrogens is 5. The maximum absolute atomic E-state index is 12.6. The molecule has 0 atom stereocenters. The molecule has 0 aliphatic heterocycles. The molecule has 0 aliphatic rings. The highest BCUT2D eigenvalue weighted by Crippen LogP contribution is 2.15. The zero-order valence-corrected chi connectivity index (χ0v) is 16.6. The van der Waals surface area contributed by atoms with Crippen LogP contribution in [0.1, 0.15) is 27.3 Å². The fraction of sp³-hybridized carbons (Fsp3) is 0.182. The van der Waals surface area contributed by atoms with E-state index < -0.39 is 0 Å². The number of amides is 1. The van der Waals surface area contributed by atoms with Gasteiger partial charge in [0.05, 0.1) is 6.54 Å². The van der Waals surface area contributed by atoms with Crippen molar-refractivity contribution in [2.75, 3.05) is 0 Å². The average Bonchev–Trinajstić information content (AvgIpc) is 3.43. The third kappa shape index (κ3) is 4.72. The average molecular weight is 402 g/mol. The Bertz CT molecular complexity index is 1100. The molecule has 2 aromatic carbocycles. The summed E-state index contributed by atoms with van der Waals surface area (Å²) in [5.74, 6) is 1.38. The lowest BCUT2D eigenvalue weighted by Crippen LogP contribution is -2.23. The molecule has 0 radical (unpaired) electrons. The molecular formula is C22H22N6O2. The van der Waals surface area contributed by atoms with Gasteiger partial charge in [0.15, 0.2) is 0 Å². The van der Waals surface area contributed by atoms with Gasteiger partial charge in [0, 0.05) is 31.5 Å². The van der Waals surface area contributed by atoms with E-state index in [1.54, 1.807) is 41.5 Å². The number of imidazole rings is 1. The Kier molecular flexibility index (Phi) is 5.84. The first-order valence-electron chi connectivity index (χ1n) is 9.55. The van der Waals surface area contributed by atoms with Gasteiger partial charge in [0.2, 0.25) is 0 Å². The number of benzene rings is 2. The molecule has 1 amide bonds. The van der Waals surface area contributed by atoms with Gasteiger partial charge in [0.1, 0.15) is 30.8 Å². The second kappa shape index (κ2) is 9.04. The van der Waals surface area contributed by atoms with Gasteiger partial charge in [-0.05, 0) is 35.4 Å². The molecule has 30 heavy (non-hydrogen) atoms. The number of hydrogen-bond donors (Lipinski definition) is 1. The highest BCUT2D eigenvalue weighted by molar-refractivity contribution is 5.94. The Morgan fingerprint density at radius 1 is 1.10 bits per heavy atom. The highest BCUT2D eigenvalue weighted by atomic mass is 16.5. The van der Waals surface area contributed by atoms with Crippen LogP contribution in [0, 0.1) is 0 Å². The number of carbonyl (C=O) groups excluding carboxylic acids is 1. The van der Waals surface area contributed by atoms with Crippen LogP contribution in [0.25, 0.3) is 0 Å². The molecule has 0 unspecified atom stereocenters. The Hall–Kier alpha value is -3.94. The van der Waals surface area contributed by atoms with E-state index in [1.165, 1.54) is 6.33 Å². The Labute approximate surface area is 174 Å². The smallest absolute Gasteiger partial charge is 0.251 e. The molecule has 4 rings (SSSR count). The van der Waals surface area contributed by atoms with Crippen LogP contribution in [-0.2, 0) is 26.7 Å². The van der Waals surface area contributed by atoms with Crippen LogP contribution >= 0.6 is 0 Å². The standard InChI is InChI=1S/C22H22N6O2/c1-27-11-10-24-21(27)14-30-20-8-6-17(7-9-20)22(29)25-12-18-4-2-3-5-19(18)13-28-16-23-15-26-28/h2-11,15-16H,12-14H2,1H3,(H,25,29).